The lowest BCUT2D eigenvalue weighted by Crippen LogP contribution is -2.54. The number of carbonyl (C=O) groups excluding carboxylic acids is 2. The van der Waals surface area contributed by atoms with Gasteiger partial charge in [-0.15, -0.1) is 0 Å². The molecule has 1 aromatic carbocycles. The van der Waals surface area contributed by atoms with E-state index >= 15 is 0 Å². The Balaban J connectivity index is 1.70. The van der Waals surface area contributed by atoms with Crippen LogP contribution in [0, 0.1) is 5.92 Å². The zero-order valence-corrected chi connectivity index (χ0v) is 15.0. The lowest BCUT2D eigenvalue weighted by Gasteiger charge is -2.37. The molecule has 3 rings (SSSR count). The Kier molecular flexibility index (Phi) is 4.83. The summed E-state index contributed by atoms with van der Waals surface area (Å²) in [7, 11) is 1.89. The van der Waals surface area contributed by atoms with Crippen molar-refractivity contribution in [3.63, 3.8) is 0 Å². The van der Waals surface area contributed by atoms with Gasteiger partial charge in [-0.05, 0) is 37.4 Å². The number of nitrogens with one attached hydrogen (secondary N) is 1. The third-order valence-corrected chi connectivity index (χ3v) is 5.65. The summed E-state index contributed by atoms with van der Waals surface area (Å²) in [5.74, 6) is 0.104. The number of benzene rings is 1. The molecule has 2 aliphatic rings. The van der Waals surface area contributed by atoms with Crippen molar-refractivity contribution in [2.75, 3.05) is 13.7 Å². The topological polar surface area (TPSA) is 52.7 Å². The number of amides is 3. The van der Waals surface area contributed by atoms with Crippen LogP contribution in [0.3, 0.4) is 0 Å². The van der Waals surface area contributed by atoms with E-state index < -0.39 is 5.54 Å². The maximum absolute atomic E-state index is 12.9. The summed E-state index contributed by atoms with van der Waals surface area (Å²) in [5.41, 5.74) is 0.287. The van der Waals surface area contributed by atoms with Crippen molar-refractivity contribution < 1.29 is 9.59 Å². The van der Waals surface area contributed by atoms with Crippen LogP contribution in [0.1, 0.15) is 38.2 Å². The van der Waals surface area contributed by atoms with Crippen molar-refractivity contribution in [2.24, 2.45) is 5.92 Å². The average Bonchev–Trinajstić information content (AvgIpc) is 2.78. The molecule has 3 amide bonds. The number of urea groups is 1. The van der Waals surface area contributed by atoms with E-state index in [1.54, 1.807) is 0 Å². The molecule has 6 heteroatoms. The maximum Gasteiger partial charge on any atom is 0.326 e. The molecular weight excluding hydrogens is 326 g/mol. The van der Waals surface area contributed by atoms with Gasteiger partial charge in [-0.2, -0.15) is 0 Å². The standard InChI is InChI=1S/C18H24ClN3O2/c1-13-7-5-6-10-18(13)16(23)22(17(24)20-18)12-21(2)11-14-8-3-4-9-15(14)19/h3-4,8-9,13H,5-7,10-12H2,1-2H3,(H,20,24)/t13-,18-/m1/s1. The van der Waals surface area contributed by atoms with Gasteiger partial charge in [0.2, 0.25) is 0 Å². The minimum absolute atomic E-state index is 0.0780. The molecular formula is C18H24ClN3O2. The summed E-state index contributed by atoms with van der Waals surface area (Å²) in [5, 5.41) is 3.68. The number of imide groups is 1. The lowest BCUT2D eigenvalue weighted by molar-refractivity contribution is -0.135. The molecule has 1 saturated heterocycles. The molecule has 0 radical (unpaired) electrons. The van der Waals surface area contributed by atoms with E-state index in [0.717, 1.165) is 31.2 Å². The lowest BCUT2D eigenvalue weighted by atomic mass is 9.73. The van der Waals surface area contributed by atoms with E-state index in [4.69, 9.17) is 11.6 Å². The first-order chi connectivity index (χ1) is 11.4. The number of halogens is 1. The summed E-state index contributed by atoms with van der Waals surface area (Å²) >= 11 is 6.19. The molecule has 130 valence electrons. The van der Waals surface area contributed by atoms with Gasteiger partial charge in [0.1, 0.15) is 5.54 Å². The molecule has 1 aromatic rings. The van der Waals surface area contributed by atoms with Gasteiger partial charge in [-0.1, -0.05) is 49.6 Å². The van der Waals surface area contributed by atoms with Crippen molar-refractivity contribution in [2.45, 2.75) is 44.7 Å². The van der Waals surface area contributed by atoms with Gasteiger partial charge >= 0.3 is 6.03 Å². The molecule has 0 aromatic heterocycles. The quantitative estimate of drug-likeness (QED) is 0.849. The van der Waals surface area contributed by atoms with Crippen molar-refractivity contribution in [3.8, 4) is 0 Å². The van der Waals surface area contributed by atoms with Gasteiger partial charge in [0, 0.05) is 11.6 Å². The first-order valence-electron chi connectivity index (χ1n) is 8.50. The van der Waals surface area contributed by atoms with Crippen LogP contribution in [0.2, 0.25) is 5.02 Å². The SMILES string of the molecule is C[C@@H]1CCCC[C@@]12NC(=O)N(CN(C)Cc1ccccc1Cl)C2=O. The Labute approximate surface area is 147 Å². The van der Waals surface area contributed by atoms with Crippen LogP contribution >= 0.6 is 11.6 Å². The third-order valence-electron chi connectivity index (χ3n) is 5.28. The second-order valence-electron chi connectivity index (χ2n) is 7.03. The molecule has 1 saturated carbocycles. The highest BCUT2D eigenvalue weighted by atomic mass is 35.5. The Morgan fingerprint density at radius 3 is 2.79 bits per heavy atom. The predicted octanol–water partition coefficient (Wildman–Crippen LogP) is 3.23. The van der Waals surface area contributed by atoms with Crippen LogP contribution in [-0.4, -0.2) is 41.0 Å². The molecule has 1 aliphatic carbocycles. The van der Waals surface area contributed by atoms with E-state index in [-0.39, 0.29) is 24.5 Å². The van der Waals surface area contributed by atoms with Crippen LogP contribution in [0.25, 0.3) is 0 Å². The van der Waals surface area contributed by atoms with Gasteiger partial charge in [0.25, 0.3) is 5.91 Å². The molecule has 5 nitrogen and oxygen atoms in total. The average molecular weight is 350 g/mol. The van der Waals surface area contributed by atoms with E-state index in [1.807, 2.05) is 36.2 Å². The zero-order chi connectivity index (χ0) is 17.3. The Bertz CT molecular complexity index is 651. The minimum Gasteiger partial charge on any atom is -0.323 e. The van der Waals surface area contributed by atoms with Crippen molar-refractivity contribution in [1.82, 2.24) is 15.1 Å². The van der Waals surface area contributed by atoms with Gasteiger partial charge in [0.15, 0.2) is 0 Å². The van der Waals surface area contributed by atoms with E-state index in [2.05, 4.69) is 12.2 Å². The molecule has 0 bridgehead atoms. The zero-order valence-electron chi connectivity index (χ0n) is 14.2. The highest BCUT2D eigenvalue weighted by molar-refractivity contribution is 6.31. The number of carbonyl (C=O) groups is 2. The molecule has 1 aliphatic heterocycles. The summed E-state index contributed by atoms with van der Waals surface area (Å²) in [6.45, 7) is 2.91. The fraction of sp³-hybridized carbons (Fsp3) is 0.556. The van der Waals surface area contributed by atoms with E-state index in [0.29, 0.717) is 11.6 Å². The smallest absolute Gasteiger partial charge is 0.323 e. The molecule has 1 spiro atoms. The van der Waals surface area contributed by atoms with Gasteiger partial charge in [0.05, 0.1) is 6.67 Å². The fourth-order valence-electron chi connectivity index (χ4n) is 3.83. The van der Waals surface area contributed by atoms with Crippen LogP contribution in [0.5, 0.6) is 0 Å². The van der Waals surface area contributed by atoms with Crippen LogP contribution in [-0.2, 0) is 11.3 Å². The summed E-state index contributed by atoms with van der Waals surface area (Å²) in [6, 6.07) is 7.34. The van der Waals surface area contributed by atoms with Gasteiger partial charge in [-0.25, -0.2) is 9.69 Å². The maximum atomic E-state index is 12.9. The fourth-order valence-corrected chi connectivity index (χ4v) is 4.03. The monoisotopic (exact) mass is 349 g/mol. The molecule has 2 fully saturated rings. The normalized spacial score (nSPS) is 27.2. The summed E-state index contributed by atoms with van der Waals surface area (Å²) < 4.78 is 0. The molecule has 0 unspecified atom stereocenters. The Morgan fingerprint density at radius 2 is 2.08 bits per heavy atom. The second-order valence-corrected chi connectivity index (χ2v) is 7.44. The molecule has 1 heterocycles. The molecule has 2 atom stereocenters. The number of rotatable bonds is 4. The Morgan fingerprint density at radius 1 is 1.33 bits per heavy atom. The van der Waals surface area contributed by atoms with E-state index in [1.165, 1.54) is 4.90 Å². The van der Waals surface area contributed by atoms with Gasteiger partial charge < -0.3 is 5.32 Å². The van der Waals surface area contributed by atoms with Gasteiger partial charge in [-0.3, -0.25) is 9.69 Å². The van der Waals surface area contributed by atoms with Crippen molar-refractivity contribution in [3.05, 3.63) is 34.9 Å². The van der Waals surface area contributed by atoms with Crippen LogP contribution in [0.15, 0.2) is 24.3 Å². The minimum atomic E-state index is -0.694. The van der Waals surface area contributed by atoms with Crippen LogP contribution in [0.4, 0.5) is 4.79 Å². The van der Waals surface area contributed by atoms with Crippen LogP contribution < -0.4 is 5.32 Å². The summed E-state index contributed by atoms with van der Waals surface area (Å²) in [4.78, 5) is 28.6. The third kappa shape index (κ3) is 3.03. The number of hydrogen-bond donors (Lipinski definition) is 1. The Hall–Kier alpha value is -1.59. The highest BCUT2D eigenvalue weighted by Crippen LogP contribution is 2.38. The van der Waals surface area contributed by atoms with Crippen molar-refractivity contribution >= 4 is 23.5 Å². The number of nitrogens with zero attached hydrogens (tertiary/aromatic N) is 2. The largest absolute Gasteiger partial charge is 0.326 e. The number of hydrogen-bond acceptors (Lipinski definition) is 3. The highest BCUT2D eigenvalue weighted by Gasteiger charge is 2.54. The first-order valence-corrected chi connectivity index (χ1v) is 8.88. The molecule has 1 N–H and O–H groups in total. The molecule has 24 heavy (non-hydrogen) atoms. The second kappa shape index (κ2) is 6.73. The van der Waals surface area contributed by atoms with E-state index in [9.17, 15) is 9.59 Å². The predicted molar refractivity (Wildman–Crippen MR) is 93.5 cm³/mol. The van der Waals surface area contributed by atoms with Crippen molar-refractivity contribution in [1.29, 1.82) is 0 Å². The summed E-state index contributed by atoms with van der Waals surface area (Å²) in [6.07, 6.45) is 3.83. The first kappa shape index (κ1) is 17.2.